The first-order valence-electron chi connectivity index (χ1n) is 6.72. The van der Waals surface area contributed by atoms with Gasteiger partial charge in [-0.15, -0.1) is 0 Å². The standard InChI is InChI=1S/C12H25N3O5/c1-2-3-4-5-10(6-14(20)9-17)12(19)15(13)7-11(18)8-16/h9-11,16,18,20H,2-8,13H2,1H3/t10-,11-/m0/s1. The summed E-state index contributed by atoms with van der Waals surface area (Å²) in [5, 5.41) is 28.4. The van der Waals surface area contributed by atoms with Crippen LogP contribution in [-0.2, 0) is 9.59 Å². The van der Waals surface area contributed by atoms with Crippen LogP contribution >= 0.6 is 0 Å². The molecule has 0 aliphatic carbocycles. The van der Waals surface area contributed by atoms with Gasteiger partial charge in [-0.1, -0.05) is 26.2 Å². The minimum Gasteiger partial charge on any atom is -0.394 e. The van der Waals surface area contributed by atoms with Gasteiger partial charge in [-0.05, 0) is 6.42 Å². The predicted molar refractivity (Wildman–Crippen MR) is 71.2 cm³/mol. The first-order valence-corrected chi connectivity index (χ1v) is 6.72. The Hall–Kier alpha value is -1.22. The lowest BCUT2D eigenvalue weighted by Gasteiger charge is -2.26. The van der Waals surface area contributed by atoms with Crippen LogP contribution < -0.4 is 5.84 Å². The Labute approximate surface area is 118 Å². The number of hydrogen-bond acceptors (Lipinski definition) is 6. The maximum Gasteiger partial charge on any atom is 0.241 e. The lowest BCUT2D eigenvalue weighted by molar-refractivity contribution is -0.157. The molecule has 20 heavy (non-hydrogen) atoms. The quantitative estimate of drug-likeness (QED) is 0.0974. The SMILES string of the molecule is CCCCC[C@@H](CN(O)C=O)C(=O)N(N)C[C@H](O)CO. The number of rotatable bonds is 11. The summed E-state index contributed by atoms with van der Waals surface area (Å²) in [6.45, 7) is 1.18. The fourth-order valence-corrected chi connectivity index (χ4v) is 1.81. The number of carbonyl (C=O) groups is 2. The van der Waals surface area contributed by atoms with Gasteiger partial charge in [0.2, 0.25) is 12.3 Å². The number of hydrazine groups is 1. The highest BCUT2D eigenvalue weighted by molar-refractivity contribution is 5.78. The topological polar surface area (TPSA) is 127 Å². The van der Waals surface area contributed by atoms with Gasteiger partial charge in [0.25, 0.3) is 0 Å². The molecule has 0 rings (SSSR count). The van der Waals surface area contributed by atoms with Gasteiger partial charge >= 0.3 is 0 Å². The van der Waals surface area contributed by atoms with Crippen molar-refractivity contribution in [3.63, 3.8) is 0 Å². The van der Waals surface area contributed by atoms with E-state index < -0.39 is 24.5 Å². The largest absolute Gasteiger partial charge is 0.394 e. The third kappa shape index (κ3) is 7.39. The van der Waals surface area contributed by atoms with Crippen LogP contribution in [0.1, 0.15) is 32.6 Å². The number of nitrogens with two attached hydrogens (primary N) is 1. The van der Waals surface area contributed by atoms with Gasteiger partial charge in [0.1, 0.15) is 0 Å². The van der Waals surface area contributed by atoms with Crippen LogP contribution in [0.15, 0.2) is 0 Å². The highest BCUT2D eigenvalue weighted by atomic mass is 16.5. The van der Waals surface area contributed by atoms with Crippen molar-refractivity contribution >= 4 is 12.3 Å². The van der Waals surface area contributed by atoms with Crippen LogP contribution in [0.25, 0.3) is 0 Å². The van der Waals surface area contributed by atoms with E-state index in [4.69, 9.17) is 10.9 Å². The monoisotopic (exact) mass is 291 g/mol. The van der Waals surface area contributed by atoms with Crippen LogP contribution in [0.2, 0.25) is 0 Å². The van der Waals surface area contributed by atoms with Crippen molar-refractivity contribution in [2.75, 3.05) is 19.7 Å². The van der Waals surface area contributed by atoms with Crippen molar-refractivity contribution in [1.82, 2.24) is 10.1 Å². The second kappa shape index (κ2) is 10.6. The Bertz CT molecular complexity index is 290. The lowest BCUT2D eigenvalue weighted by atomic mass is 10.00. The van der Waals surface area contributed by atoms with E-state index in [0.29, 0.717) is 11.5 Å². The molecular weight excluding hydrogens is 266 g/mol. The highest BCUT2D eigenvalue weighted by Crippen LogP contribution is 2.13. The number of hydroxylamine groups is 2. The average molecular weight is 291 g/mol. The van der Waals surface area contributed by atoms with E-state index in [1.165, 1.54) is 0 Å². The van der Waals surface area contributed by atoms with Crippen LogP contribution in [0.5, 0.6) is 0 Å². The molecule has 0 heterocycles. The second-order valence-electron chi connectivity index (χ2n) is 4.75. The van der Waals surface area contributed by atoms with E-state index in [2.05, 4.69) is 0 Å². The molecule has 0 aromatic rings. The molecular formula is C12H25N3O5. The van der Waals surface area contributed by atoms with Gasteiger partial charge in [-0.25, -0.2) is 10.9 Å². The molecule has 0 saturated carbocycles. The molecule has 0 spiro atoms. The van der Waals surface area contributed by atoms with E-state index in [-0.39, 0.29) is 19.5 Å². The van der Waals surface area contributed by atoms with Crippen molar-refractivity contribution < 1.29 is 25.0 Å². The van der Waals surface area contributed by atoms with Gasteiger partial charge in [0, 0.05) is 0 Å². The number of aliphatic hydroxyl groups excluding tert-OH is 2. The molecule has 0 bridgehead atoms. The normalized spacial score (nSPS) is 13.7. The second-order valence-corrected chi connectivity index (χ2v) is 4.75. The van der Waals surface area contributed by atoms with Crippen molar-refractivity contribution in [3.05, 3.63) is 0 Å². The third-order valence-electron chi connectivity index (χ3n) is 2.94. The molecule has 0 saturated heterocycles. The van der Waals surface area contributed by atoms with E-state index >= 15 is 0 Å². The number of aliphatic hydroxyl groups is 2. The third-order valence-corrected chi connectivity index (χ3v) is 2.94. The molecule has 0 aromatic heterocycles. The minimum absolute atomic E-state index is 0.144. The van der Waals surface area contributed by atoms with Crippen LogP contribution in [0.3, 0.4) is 0 Å². The van der Waals surface area contributed by atoms with Crippen molar-refractivity contribution in [2.45, 2.75) is 38.7 Å². The molecule has 2 atom stereocenters. The number of carbonyl (C=O) groups excluding carboxylic acids is 2. The van der Waals surface area contributed by atoms with Crippen LogP contribution in [0.4, 0.5) is 0 Å². The summed E-state index contributed by atoms with van der Waals surface area (Å²) in [6, 6.07) is 0. The Morgan fingerprint density at radius 3 is 2.50 bits per heavy atom. The van der Waals surface area contributed by atoms with Gasteiger partial charge in [-0.3, -0.25) is 19.8 Å². The zero-order valence-corrected chi connectivity index (χ0v) is 11.8. The molecule has 118 valence electrons. The van der Waals surface area contributed by atoms with Crippen molar-refractivity contribution in [3.8, 4) is 0 Å². The maximum absolute atomic E-state index is 12.1. The first kappa shape index (κ1) is 18.8. The Morgan fingerprint density at radius 1 is 1.35 bits per heavy atom. The molecule has 0 unspecified atom stereocenters. The van der Waals surface area contributed by atoms with Crippen LogP contribution in [-0.4, -0.2) is 63.6 Å². The summed E-state index contributed by atoms with van der Waals surface area (Å²) in [6.07, 6.45) is 2.28. The number of unbranched alkanes of at least 4 members (excludes halogenated alkanes) is 2. The maximum atomic E-state index is 12.1. The molecule has 0 aliphatic rings. The molecule has 0 aliphatic heterocycles. The predicted octanol–water partition coefficient (Wildman–Crippen LogP) is -0.914. The minimum atomic E-state index is -1.11. The summed E-state index contributed by atoms with van der Waals surface area (Å²) in [5.74, 6) is 4.43. The summed E-state index contributed by atoms with van der Waals surface area (Å²) < 4.78 is 0. The van der Waals surface area contributed by atoms with Gasteiger partial charge in [0.15, 0.2) is 0 Å². The highest BCUT2D eigenvalue weighted by Gasteiger charge is 2.25. The van der Waals surface area contributed by atoms with Gasteiger partial charge < -0.3 is 10.2 Å². The van der Waals surface area contributed by atoms with Crippen molar-refractivity contribution in [1.29, 1.82) is 0 Å². The first-order chi connectivity index (χ1) is 9.46. The lowest BCUT2D eigenvalue weighted by Crippen LogP contribution is -2.48. The van der Waals surface area contributed by atoms with Gasteiger partial charge in [-0.2, -0.15) is 0 Å². The molecule has 5 N–H and O–H groups in total. The van der Waals surface area contributed by atoms with E-state index in [1.807, 2.05) is 6.92 Å². The fraction of sp³-hybridized carbons (Fsp3) is 0.833. The van der Waals surface area contributed by atoms with E-state index in [0.717, 1.165) is 24.3 Å². The van der Waals surface area contributed by atoms with E-state index in [1.54, 1.807) is 0 Å². The fourth-order valence-electron chi connectivity index (χ4n) is 1.81. The summed E-state index contributed by atoms with van der Waals surface area (Å²) in [4.78, 5) is 22.5. The average Bonchev–Trinajstić information content (AvgIpc) is 2.44. The molecule has 8 nitrogen and oxygen atoms in total. The number of hydrogen-bond donors (Lipinski definition) is 4. The van der Waals surface area contributed by atoms with Crippen molar-refractivity contribution in [2.24, 2.45) is 11.8 Å². The van der Waals surface area contributed by atoms with Gasteiger partial charge in [0.05, 0.1) is 31.7 Å². The number of amides is 2. The number of nitrogens with zero attached hydrogens (tertiary/aromatic N) is 2. The summed E-state index contributed by atoms with van der Waals surface area (Å²) >= 11 is 0. The Balaban J connectivity index is 4.55. The molecule has 2 amide bonds. The summed E-state index contributed by atoms with van der Waals surface area (Å²) in [5.41, 5.74) is 0. The molecule has 0 radical (unpaired) electrons. The molecule has 8 heteroatoms. The summed E-state index contributed by atoms with van der Waals surface area (Å²) in [7, 11) is 0. The Kier molecular flexibility index (Phi) is 9.91. The Morgan fingerprint density at radius 2 is 2.00 bits per heavy atom. The van der Waals surface area contributed by atoms with Crippen LogP contribution in [0, 0.1) is 5.92 Å². The molecule has 0 fully saturated rings. The smallest absolute Gasteiger partial charge is 0.241 e. The molecule has 0 aromatic carbocycles. The zero-order valence-electron chi connectivity index (χ0n) is 11.8. The zero-order chi connectivity index (χ0) is 15.5. The van der Waals surface area contributed by atoms with E-state index in [9.17, 15) is 19.9 Å².